The smallest absolute Gasteiger partial charge is 0.264 e. The van der Waals surface area contributed by atoms with Crippen LogP contribution >= 0.6 is 23.1 Å². The van der Waals surface area contributed by atoms with Crippen LogP contribution in [-0.2, 0) is 14.8 Å². The molecule has 210 valence electrons. The molecule has 0 aliphatic carbocycles. The van der Waals surface area contributed by atoms with Crippen LogP contribution in [0.4, 0.5) is 10.8 Å². The van der Waals surface area contributed by atoms with Gasteiger partial charge in [0.2, 0.25) is 0 Å². The fourth-order valence-electron chi connectivity index (χ4n) is 4.62. The summed E-state index contributed by atoms with van der Waals surface area (Å²) in [6, 6.07) is 21.3. The highest BCUT2D eigenvalue weighted by Crippen LogP contribution is 2.32. The maximum atomic E-state index is 13.9. The monoisotopic (exact) mass is 596 g/mol. The third kappa shape index (κ3) is 6.18. The van der Waals surface area contributed by atoms with Crippen LogP contribution in [-0.4, -0.2) is 76.4 Å². The van der Waals surface area contributed by atoms with Crippen LogP contribution in [0.3, 0.4) is 0 Å². The van der Waals surface area contributed by atoms with Crippen molar-refractivity contribution in [2.24, 2.45) is 0 Å². The van der Waals surface area contributed by atoms with Crippen molar-refractivity contribution in [1.29, 1.82) is 0 Å². The predicted molar refractivity (Wildman–Crippen MR) is 163 cm³/mol. The zero-order valence-corrected chi connectivity index (χ0v) is 25.0. The Labute approximate surface area is 243 Å². The summed E-state index contributed by atoms with van der Waals surface area (Å²) in [4.78, 5) is 23.9. The Morgan fingerprint density at radius 3 is 2.45 bits per heavy atom. The molecule has 1 aliphatic heterocycles. The van der Waals surface area contributed by atoms with Gasteiger partial charge in [0.15, 0.2) is 5.13 Å². The van der Waals surface area contributed by atoms with Crippen LogP contribution in [0.25, 0.3) is 10.2 Å². The third-order valence-electron chi connectivity index (χ3n) is 6.82. The first-order valence-corrected chi connectivity index (χ1v) is 16.6. The van der Waals surface area contributed by atoms with Gasteiger partial charge >= 0.3 is 0 Å². The number of ether oxygens (including phenoxy) is 1. The number of carbonyl (C=O) groups is 1. The standard InChI is InChI=1S/C29H32N4O4S3/c1-3-33(23-7-5-4-6-8-23)40(35,36)25-12-9-22(10-13-25)28(34)32(16-15-31-17-19-37-20-18-31)29-30-26-14-11-24(38-2)21-27(26)39-29/h4-14,21H,3,15-20H2,1-2H3. The number of thiazole rings is 1. The summed E-state index contributed by atoms with van der Waals surface area (Å²) >= 11 is 3.16. The van der Waals surface area contributed by atoms with E-state index in [-0.39, 0.29) is 17.3 Å². The maximum absolute atomic E-state index is 13.9. The molecule has 1 aromatic heterocycles. The van der Waals surface area contributed by atoms with Gasteiger partial charge in [-0.05, 0) is 67.8 Å². The van der Waals surface area contributed by atoms with Gasteiger partial charge in [-0.25, -0.2) is 13.4 Å². The van der Waals surface area contributed by atoms with Crippen molar-refractivity contribution < 1.29 is 17.9 Å². The predicted octanol–water partition coefficient (Wildman–Crippen LogP) is 5.21. The number of fused-ring (bicyclic) bond motifs is 1. The van der Waals surface area contributed by atoms with Gasteiger partial charge in [-0.15, -0.1) is 11.8 Å². The zero-order chi connectivity index (χ0) is 28.1. The number of nitrogens with zero attached hydrogens (tertiary/aromatic N) is 4. The van der Waals surface area contributed by atoms with Gasteiger partial charge in [-0.2, -0.15) is 0 Å². The highest BCUT2D eigenvalue weighted by Gasteiger charge is 2.26. The Morgan fingerprint density at radius 1 is 1.05 bits per heavy atom. The minimum absolute atomic E-state index is 0.138. The van der Waals surface area contributed by atoms with E-state index in [1.165, 1.54) is 27.8 Å². The second-order valence-electron chi connectivity index (χ2n) is 9.27. The van der Waals surface area contributed by atoms with Crippen molar-refractivity contribution in [3.8, 4) is 0 Å². The molecule has 1 saturated heterocycles. The van der Waals surface area contributed by atoms with Crippen LogP contribution in [0.1, 0.15) is 17.3 Å². The number of para-hydroxylation sites is 1. The van der Waals surface area contributed by atoms with E-state index in [4.69, 9.17) is 9.72 Å². The number of anilines is 2. The molecule has 0 unspecified atom stereocenters. The molecule has 0 bridgehead atoms. The minimum atomic E-state index is -3.79. The van der Waals surface area contributed by atoms with Crippen molar-refractivity contribution in [2.75, 3.05) is 61.4 Å². The zero-order valence-electron chi connectivity index (χ0n) is 22.5. The molecule has 0 spiro atoms. The summed E-state index contributed by atoms with van der Waals surface area (Å²) in [5, 5.41) is 0.629. The number of hydrogen-bond donors (Lipinski definition) is 0. The van der Waals surface area contributed by atoms with Crippen molar-refractivity contribution in [2.45, 2.75) is 16.7 Å². The molecule has 1 fully saturated rings. The first-order chi connectivity index (χ1) is 19.4. The molecule has 8 nitrogen and oxygen atoms in total. The number of aromatic nitrogens is 1. The highest BCUT2D eigenvalue weighted by atomic mass is 32.2. The Morgan fingerprint density at radius 2 is 1.77 bits per heavy atom. The Hall–Kier alpha value is -2.96. The molecule has 3 aromatic carbocycles. The molecule has 0 radical (unpaired) electrons. The number of thioether (sulfide) groups is 1. The molecule has 0 N–H and O–H groups in total. The summed E-state index contributed by atoms with van der Waals surface area (Å²) in [5.41, 5.74) is 1.86. The number of rotatable bonds is 10. The average Bonchev–Trinajstić information content (AvgIpc) is 3.41. The lowest BCUT2D eigenvalue weighted by atomic mass is 10.2. The molecule has 1 amide bonds. The topological polar surface area (TPSA) is 83.1 Å². The summed E-state index contributed by atoms with van der Waals surface area (Å²) in [5.74, 6) is -0.211. The van der Waals surface area contributed by atoms with E-state index in [0.717, 1.165) is 28.2 Å². The Kier molecular flexibility index (Phi) is 9.07. The van der Waals surface area contributed by atoms with Gasteiger partial charge in [0.05, 0.1) is 34.0 Å². The number of morpholine rings is 1. The normalized spacial score (nSPS) is 14.3. The first kappa shape index (κ1) is 28.6. The molecular formula is C29H32N4O4S3. The van der Waals surface area contributed by atoms with Crippen LogP contribution in [0, 0.1) is 0 Å². The van der Waals surface area contributed by atoms with E-state index < -0.39 is 10.0 Å². The Bertz CT molecular complexity index is 1550. The summed E-state index contributed by atoms with van der Waals surface area (Å²) in [6.07, 6.45) is 2.03. The molecule has 0 saturated carbocycles. The second-order valence-corrected chi connectivity index (χ2v) is 13.0. The lowest BCUT2D eigenvalue weighted by Crippen LogP contribution is -2.43. The van der Waals surface area contributed by atoms with Crippen molar-refractivity contribution in [3.05, 3.63) is 78.4 Å². The molecule has 4 aromatic rings. The minimum Gasteiger partial charge on any atom is -0.379 e. The largest absolute Gasteiger partial charge is 0.379 e. The van der Waals surface area contributed by atoms with E-state index in [0.29, 0.717) is 42.7 Å². The summed E-state index contributed by atoms with van der Waals surface area (Å²) in [7, 11) is -3.79. The maximum Gasteiger partial charge on any atom is 0.264 e. The quantitative estimate of drug-likeness (QED) is 0.232. The van der Waals surface area contributed by atoms with Crippen molar-refractivity contribution in [3.63, 3.8) is 0 Å². The summed E-state index contributed by atoms with van der Waals surface area (Å²) in [6.45, 7) is 6.25. The number of sulfonamides is 1. The molecule has 40 heavy (non-hydrogen) atoms. The number of hydrogen-bond acceptors (Lipinski definition) is 8. The highest BCUT2D eigenvalue weighted by molar-refractivity contribution is 7.98. The fraction of sp³-hybridized carbons (Fsp3) is 0.310. The molecule has 11 heteroatoms. The van der Waals surface area contributed by atoms with E-state index in [1.54, 1.807) is 47.9 Å². The SMILES string of the molecule is CCN(c1ccccc1)S(=O)(=O)c1ccc(C(=O)N(CCN2CCOCC2)c2nc3ccc(SC)cc3s2)cc1. The van der Waals surface area contributed by atoms with Gasteiger partial charge in [-0.1, -0.05) is 29.5 Å². The number of carbonyl (C=O) groups excluding carboxylic acids is 1. The number of amides is 1. The van der Waals surface area contributed by atoms with E-state index in [2.05, 4.69) is 11.0 Å². The number of benzene rings is 3. The second kappa shape index (κ2) is 12.7. The first-order valence-electron chi connectivity index (χ1n) is 13.1. The molecule has 0 atom stereocenters. The van der Waals surface area contributed by atoms with Crippen LogP contribution in [0.2, 0.25) is 0 Å². The van der Waals surface area contributed by atoms with Crippen molar-refractivity contribution >= 4 is 60.1 Å². The molecule has 1 aliphatic rings. The van der Waals surface area contributed by atoms with Crippen molar-refractivity contribution in [1.82, 2.24) is 9.88 Å². The van der Waals surface area contributed by atoms with Crippen LogP contribution < -0.4 is 9.21 Å². The molecule has 5 rings (SSSR count). The fourth-order valence-corrected chi connectivity index (χ4v) is 7.64. The van der Waals surface area contributed by atoms with Gasteiger partial charge < -0.3 is 4.74 Å². The van der Waals surface area contributed by atoms with Gasteiger partial charge in [-0.3, -0.25) is 18.9 Å². The van der Waals surface area contributed by atoms with E-state index in [9.17, 15) is 13.2 Å². The lowest BCUT2D eigenvalue weighted by molar-refractivity contribution is 0.0391. The van der Waals surface area contributed by atoms with Gasteiger partial charge in [0, 0.05) is 43.2 Å². The van der Waals surface area contributed by atoms with Crippen LogP contribution in [0.15, 0.2) is 82.6 Å². The summed E-state index contributed by atoms with van der Waals surface area (Å²) < 4.78 is 34.7. The molecular weight excluding hydrogens is 565 g/mol. The van der Waals surface area contributed by atoms with E-state index >= 15 is 0 Å². The third-order valence-corrected chi connectivity index (χ3v) is 10.5. The molecule has 2 heterocycles. The van der Waals surface area contributed by atoms with Gasteiger partial charge in [0.1, 0.15) is 0 Å². The van der Waals surface area contributed by atoms with E-state index in [1.807, 2.05) is 36.6 Å². The Balaban J connectivity index is 1.42. The lowest BCUT2D eigenvalue weighted by Gasteiger charge is -2.29. The average molecular weight is 597 g/mol. The van der Waals surface area contributed by atoms with Gasteiger partial charge in [0.25, 0.3) is 15.9 Å². The van der Waals surface area contributed by atoms with Crippen LogP contribution in [0.5, 0.6) is 0 Å².